The number of unbranched alkanes of at least 4 members (excludes halogenated alkanes) is 1. The Morgan fingerprint density at radius 2 is 1.81 bits per heavy atom. The highest BCUT2D eigenvalue weighted by Gasteiger charge is 2.17. The summed E-state index contributed by atoms with van der Waals surface area (Å²) in [6, 6.07) is 14.8. The van der Waals surface area contributed by atoms with Gasteiger partial charge >= 0.3 is 5.69 Å². The number of H-pyrrole nitrogens is 2. The number of aromatic nitrogens is 5. The van der Waals surface area contributed by atoms with Crippen LogP contribution in [0.2, 0.25) is 0 Å². The fourth-order valence-corrected chi connectivity index (χ4v) is 4.38. The van der Waals surface area contributed by atoms with E-state index >= 15 is 0 Å². The van der Waals surface area contributed by atoms with Crippen LogP contribution in [0.5, 0.6) is 0 Å². The first-order chi connectivity index (χ1) is 17.4. The molecule has 0 aliphatic heterocycles. The lowest BCUT2D eigenvalue weighted by atomic mass is 10.1. The van der Waals surface area contributed by atoms with Crippen LogP contribution in [-0.4, -0.2) is 36.4 Å². The molecule has 0 atom stereocenters. The topological polar surface area (TPSA) is 126 Å². The van der Waals surface area contributed by atoms with Gasteiger partial charge in [0, 0.05) is 29.6 Å². The Kier molecular flexibility index (Phi) is 8.11. The van der Waals surface area contributed by atoms with E-state index in [0.29, 0.717) is 28.0 Å². The molecule has 36 heavy (non-hydrogen) atoms. The molecule has 2 heterocycles. The highest BCUT2D eigenvalue weighted by Crippen LogP contribution is 2.24. The summed E-state index contributed by atoms with van der Waals surface area (Å²) in [6.45, 7) is 2.15. The van der Waals surface area contributed by atoms with Crippen molar-refractivity contribution in [3.05, 3.63) is 98.3 Å². The van der Waals surface area contributed by atoms with E-state index in [1.165, 1.54) is 35.5 Å². The van der Waals surface area contributed by atoms with E-state index in [4.69, 9.17) is 0 Å². The summed E-state index contributed by atoms with van der Waals surface area (Å²) in [4.78, 5) is 40.6. The van der Waals surface area contributed by atoms with Crippen molar-refractivity contribution in [3.8, 4) is 5.69 Å². The van der Waals surface area contributed by atoms with E-state index < -0.39 is 17.1 Å². The average Bonchev–Trinajstić information content (AvgIpc) is 3.24. The lowest BCUT2D eigenvalue weighted by Crippen LogP contribution is -2.23. The maximum absolute atomic E-state index is 13.5. The van der Waals surface area contributed by atoms with Gasteiger partial charge in [-0.1, -0.05) is 37.2 Å². The van der Waals surface area contributed by atoms with Gasteiger partial charge in [0.25, 0.3) is 5.56 Å². The third kappa shape index (κ3) is 6.57. The Labute approximate surface area is 210 Å². The number of carbonyl (C=O) groups excluding carboxylic acids is 1. The first kappa shape index (κ1) is 25.1. The van der Waals surface area contributed by atoms with Gasteiger partial charge in [-0.3, -0.25) is 19.1 Å². The second-order valence-electron chi connectivity index (χ2n) is 8.14. The maximum atomic E-state index is 13.5. The molecule has 186 valence electrons. The molecule has 0 fully saturated rings. The number of hydrogen-bond acceptors (Lipinski definition) is 6. The van der Waals surface area contributed by atoms with Crippen LogP contribution in [0.1, 0.15) is 36.8 Å². The maximum Gasteiger partial charge on any atom is 0.325 e. The molecule has 11 heteroatoms. The van der Waals surface area contributed by atoms with Crippen LogP contribution in [0, 0.1) is 5.82 Å². The van der Waals surface area contributed by atoms with Gasteiger partial charge in [0.15, 0.2) is 5.16 Å². The molecule has 9 nitrogen and oxygen atoms in total. The molecule has 0 bridgehead atoms. The third-order valence-electron chi connectivity index (χ3n) is 5.34. The van der Waals surface area contributed by atoms with Crippen LogP contribution in [0.25, 0.3) is 5.69 Å². The lowest BCUT2D eigenvalue weighted by Gasteiger charge is -2.11. The molecule has 4 aromatic rings. The molecule has 0 radical (unpaired) electrons. The highest BCUT2D eigenvalue weighted by atomic mass is 32.2. The monoisotopic (exact) mass is 508 g/mol. The van der Waals surface area contributed by atoms with Gasteiger partial charge in [-0.25, -0.2) is 9.18 Å². The molecule has 0 aliphatic rings. The van der Waals surface area contributed by atoms with Crippen molar-refractivity contribution in [1.29, 1.82) is 0 Å². The molecule has 2 aromatic carbocycles. The SMILES string of the molecule is CCCCc1ccc(NC(=O)CSc2nnc(Cc3cc(=O)[nH]c(=O)[nH]3)n2-c2ccc(F)cc2)cc1. The number of hydrogen-bond donors (Lipinski definition) is 3. The summed E-state index contributed by atoms with van der Waals surface area (Å²) in [5.41, 5.74) is 1.69. The zero-order valence-electron chi connectivity index (χ0n) is 19.6. The minimum Gasteiger partial charge on any atom is -0.325 e. The van der Waals surface area contributed by atoms with Crippen LogP contribution >= 0.6 is 11.8 Å². The predicted octanol–water partition coefficient (Wildman–Crippen LogP) is 3.45. The van der Waals surface area contributed by atoms with Crippen molar-refractivity contribution in [3.63, 3.8) is 0 Å². The molecule has 2 aromatic heterocycles. The smallest absolute Gasteiger partial charge is 0.325 e. The molecule has 3 N–H and O–H groups in total. The number of benzene rings is 2. The number of amides is 1. The fourth-order valence-electron chi connectivity index (χ4n) is 3.61. The van der Waals surface area contributed by atoms with Gasteiger partial charge in [0.1, 0.15) is 11.6 Å². The molecule has 0 saturated heterocycles. The van der Waals surface area contributed by atoms with Crippen molar-refractivity contribution < 1.29 is 9.18 Å². The summed E-state index contributed by atoms with van der Waals surface area (Å²) in [5.74, 6) is -0.135. The van der Waals surface area contributed by atoms with E-state index in [-0.39, 0.29) is 18.1 Å². The number of halogens is 1. The highest BCUT2D eigenvalue weighted by molar-refractivity contribution is 7.99. The summed E-state index contributed by atoms with van der Waals surface area (Å²) in [5, 5.41) is 11.7. The van der Waals surface area contributed by atoms with Gasteiger partial charge in [0.05, 0.1) is 5.75 Å². The molecule has 1 amide bonds. The summed E-state index contributed by atoms with van der Waals surface area (Å²) >= 11 is 1.17. The van der Waals surface area contributed by atoms with E-state index in [2.05, 4.69) is 32.4 Å². The molecule has 0 aliphatic carbocycles. The minimum absolute atomic E-state index is 0.0682. The lowest BCUT2D eigenvalue weighted by molar-refractivity contribution is -0.113. The number of nitrogens with one attached hydrogen (secondary N) is 3. The van der Waals surface area contributed by atoms with Crippen molar-refractivity contribution in [1.82, 2.24) is 24.7 Å². The van der Waals surface area contributed by atoms with Gasteiger partial charge in [-0.2, -0.15) is 0 Å². The van der Waals surface area contributed by atoms with Crippen LogP contribution in [0.3, 0.4) is 0 Å². The normalized spacial score (nSPS) is 10.9. The van der Waals surface area contributed by atoms with Gasteiger partial charge in [0.2, 0.25) is 5.91 Å². The van der Waals surface area contributed by atoms with Crippen molar-refractivity contribution in [2.75, 3.05) is 11.1 Å². The average molecular weight is 509 g/mol. The Bertz CT molecular complexity index is 1420. The van der Waals surface area contributed by atoms with Gasteiger partial charge < -0.3 is 10.3 Å². The number of aryl methyl sites for hydroxylation is 1. The zero-order valence-corrected chi connectivity index (χ0v) is 20.4. The largest absolute Gasteiger partial charge is 0.325 e. The van der Waals surface area contributed by atoms with Crippen molar-refractivity contribution in [2.45, 2.75) is 37.8 Å². The van der Waals surface area contributed by atoms with Crippen LogP contribution in [0.4, 0.5) is 10.1 Å². The van der Waals surface area contributed by atoms with Gasteiger partial charge in [-0.15, -0.1) is 10.2 Å². The Morgan fingerprint density at radius 1 is 1.06 bits per heavy atom. The predicted molar refractivity (Wildman–Crippen MR) is 136 cm³/mol. The molecular formula is C25H25FN6O3S. The number of nitrogens with zero attached hydrogens (tertiary/aromatic N) is 3. The molecular weight excluding hydrogens is 483 g/mol. The zero-order chi connectivity index (χ0) is 25.5. The van der Waals surface area contributed by atoms with E-state index in [9.17, 15) is 18.8 Å². The van der Waals surface area contributed by atoms with E-state index in [1.807, 2.05) is 24.3 Å². The standard InChI is InChI=1S/C25H25FN6O3S/c1-2-3-4-16-5-9-18(10-6-16)27-23(34)15-36-25-31-30-21(13-19-14-22(33)29-24(35)28-19)32(25)20-11-7-17(26)8-12-20/h5-12,14H,2-4,13,15H2,1H3,(H,27,34)(H2,28,29,33,35). The minimum atomic E-state index is -0.630. The molecule has 0 spiro atoms. The second kappa shape index (κ2) is 11.6. The number of aromatic amines is 2. The van der Waals surface area contributed by atoms with E-state index in [1.54, 1.807) is 16.7 Å². The van der Waals surface area contributed by atoms with Crippen molar-refractivity contribution in [2.24, 2.45) is 0 Å². The second-order valence-corrected chi connectivity index (χ2v) is 9.08. The van der Waals surface area contributed by atoms with E-state index in [0.717, 1.165) is 19.3 Å². The Morgan fingerprint density at radius 3 is 2.50 bits per heavy atom. The first-order valence-electron chi connectivity index (χ1n) is 11.5. The number of carbonyl (C=O) groups is 1. The summed E-state index contributed by atoms with van der Waals surface area (Å²) < 4.78 is 15.2. The first-order valence-corrected chi connectivity index (χ1v) is 12.4. The molecule has 0 saturated carbocycles. The Hall–Kier alpha value is -3.99. The Balaban J connectivity index is 1.50. The van der Waals surface area contributed by atoms with Crippen LogP contribution in [0.15, 0.2) is 69.3 Å². The molecule has 4 rings (SSSR count). The third-order valence-corrected chi connectivity index (χ3v) is 6.27. The number of rotatable bonds is 10. The summed E-state index contributed by atoms with van der Waals surface area (Å²) in [6.07, 6.45) is 3.35. The number of anilines is 1. The van der Waals surface area contributed by atoms with Crippen LogP contribution in [-0.2, 0) is 17.6 Å². The van der Waals surface area contributed by atoms with Gasteiger partial charge in [-0.05, 0) is 54.8 Å². The van der Waals surface area contributed by atoms with Crippen molar-refractivity contribution >= 4 is 23.4 Å². The molecule has 0 unspecified atom stereocenters. The van der Waals surface area contributed by atoms with Crippen LogP contribution < -0.4 is 16.6 Å². The fraction of sp³-hybridized carbons (Fsp3) is 0.240. The number of thioether (sulfide) groups is 1. The quantitative estimate of drug-likeness (QED) is 0.282. The summed E-state index contributed by atoms with van der Waals surface area (Å²) in [7, 11) is 0.